The van der Waals surface area contributed by atoms with Crippen molar-refractivity contribution in [2.24, 2.45) is 0 Å². The van der Waals surface area contributed by atoms with Crippen molar-refractivity contribution < 1.29 is 0 Å². The Bertz CT molecular complexity index is 291. The SMILES string of the molecule is [Br][Mg][c]1ccc2c(c1)C=C2. The Morgan fingerprint density at radius 2 is 1.90 bits per heavy atom. The molecular weight excluding hydrogens is 200 g/mol. The van der Waals surface area contributed by atoms with Crippen LogP contribution in [0.1, 0.15) is 11.1 Å². The van der Waals surface area contributed by atoms with E-state index in [0.717, 1.165) is 0 Å². The molecule has 0 aliphatic heterocycles. The molecule has 0 unspecified atom stereocenters. The molecule has 46 valence electrons. The van der Waals surface area contributed by atoms with Gasteiger partial charge >= 0.3 is 18.2 Å². The molecule has 0 fully saturated rings. The molecule has 2 rings (SSSR count). The van der Waals surface area contributed by atoms with E-state index in [0.29, 0.717) is 0 Å². The van der Waals surface area contributed by atoms with Crippen LogP contribution in [-0.4, -0.2) is 18.2 Å². The van der Waals surface area contributed by atoms with Crippen molar-refractivity contribution in [3.05, 3.63) is 29.3 Å². The molecule has 0 bridgehead atoms. The molecule has 10 heavy (non-hydrogen) atoms. The van der Waals surface area contributed by atoms with Crippen molar-refractivity contribution in [2.75, 3.05) is 0 Å². The molecule has 1 aliphatic rings. The van der Waals surface area contributed by atoms with Gasteiger partial charge in [-0.2, -0.15) is 3.69 Å². The maximum absolute atomic E-state index is 3.56. The fourth-order valence-electron chi connectivity index (χ4n) is 1.09. The van der Waals surface area contributed by atoms with Crippen LogP contribution < -0.4 is 3.69 Å². The molecule has 1 aromatic rings. The average molecular weight is 205 g/mol. The molecule has 0 heterocycles. The molecule has 2 heteroatoms. The zero-order chi connectivity index (χ0) is 6.97. The topological polar surface area (TPSA) is 0 Å². The Kier molecular flexibility index (Phi) is 1.85. The zero-order valence-corrected chi connectivity index (χ0v) is 8.47. The van der Waals surface area contributed by atoms with E-state index in [9.17, 15) is 0 Å². The van der Waals surface area contributed by atoms with Crippen LogP contribution >= 0.6 is 12.9 Å². The summed E-state index contributed by atoms with van der Waals surface area (Å²) in [6, 6.07) is 6.68. The predicted molar refractivity (Wildman–Crippen MR) is 49.7 cm³/mol. The third-order valence-electron chi connectivity index (χ3n) is 1.75. The van der Waals surface area contributed by atoms with E-state index < -0.39 is 0 Å². The Balaban J connectivity index is 2.46. The molecule has 1 aromatic carbocycles. The summed E-state index contributed by atoms with van der Waals surface area (Å²) in [5, 5.41) is 0. The second kappa shape index (κ2) is 2.68. The molecule has 0 amide bonds. The lowest BCUT2D eigenvalue weighted by Crippen LogP contribution is -2.09. The first-order valence-corrected chi connectivity index (χ1v) is 7.88. The maximum atomic E-state index is 3.56. The van der Waals surface area contributed by atoms with Gasteiger partial charge in [0.15, 0.2) is 0 Å². The molecule has 0 nitrogen and oxygen atoms in total. The van der Waals surface area contributed by atoms with Crippen LogP contribution in [0.4, 0.5) is 0 Å². The highest BCUT2D eigenvalue weighted by Crippen LogP contribution is 2.21. The van der Waals surface area contributed by atoms with E-state index in [1.807, 2.05) is 0 Å². The fourth-order valence-corrected chi connectivity index (χ4v) is 2.64. The largest absolute Gasteiger partial charge is 0.506 e. The minimum Gasteiger partial charge on any atom is -0.296 e. The minimum absolute atomic E-state index is 0.134. The second-order valence-electron chi connectivity index (χ2n) is 2.43. The predicted octanol–water partition coefficient (Wildman–Crippen LogP) is 1.81. The summed E-state index contributed by atoms with van der Waals surface area (Å²) in [6.07, 6.45) is 4.31. The number of hydrogen-bond acceptors (Lipinski definition) is 0. The lowest BCUT2D eigenvalue weighted by Gasteiger charge is -2.10. The first-order valence-electron chi connectivity index (χ1n) is 3.27. The number of benzene rings is 1. The van der Waals surface area contributed by atoms with Crippen LogP contribution in [0.3, 0.4) is 0 Å². The van der Waals surface area contributed by atoms with Gasteiger partial charge in [0.25, 0.3) is 0 Å². The van der Waals surface area contributed by atoms with Crippen LogP contribution in [-0.2, 0) is 0 Å². The fraction of sp³-hybridized carbons (Fsp3) is 0. The van der Waals surface area contributed by atoms with Gasteiger partial charge in [-0.1, -0.05) is 30.4 Å². The average Bonchev–Trinajstić information content (AvgIpc) is 1.92. The molecule has 0 N–H and O–H groups in total. The highest BCUT2D eigenvalue weighted by atomic mass is 79.9. The molecule has 0 saturated heterocycles. The minimum atomic E-state index is -0.134. The van der Waals surface area contributed by atoms with Crippen LogP contribution in [0.5, 0.6) is 0 Å². The third kappa shape index (κ3) is 1.04. The van der Waals surface area contributed by atoms with Crippen molar-refractivity contribution in [3.63, 3.8) is 0 Å². The molecule has 0 saturated carbocycles. The van der Waals surface area contributed by atoms with Gasteiger partial charge in [0.05, 0.1) is 0 Å². The first-order chi connectivity index (χ1) is 4.90. The molecule has 1 aliphatic carbocycles. The lowest BCUT2D eigenvalue weighted by atomic mass is 9.98. The summed E-state index contributed by atoms with van der Waals surface area (Å²) < 4.78 is 1.49. The highest BCUT2D eigenvalue weighted by Gasteiger charge is 2.04. The lowest BCUT2D eigenvalue weighted by molar-refractivity contribution is 1.61. The number of hydrogen-bond donors (Lipinski definition) is 0. The van der Waals surface area contributed by atoms with Crippen LogP contribution in [0.25, 0.3) is 12.2 Å². The summed E-state index contributed by atoms with van der Waals surface area (Å²) in [6.45, 7) is 0. The van der Waals surface area contributed by atoms with Gasteiger partial charge in [-0.15, -0.1) is 0 Å². The van der Waals surface area contributed by atoms with E-state index >= 15 is 0 Å². The summed E-state index contributed by atoms with van der Waals surface area (Å²) in [7, 11) is 0. The molecular formula is C8H5BrMg. The van der Waals surface area contributed by atoms with Gasteiger partial charge in [0.2, 0.25) is 0 Å². The van der Waals surface area contributed by atoms with E-state index in [2.05, 4.69) is 43.2 Å². The third-order valence-corrected chi connectivity index (χ3v) is 4.44. The van der Waals surface area contributed by atoms with Gasteiger partial charge in [-0.3, -0.25) is 12.9 Å². The van der Waals surface area contributed by atoms with E-state index in [1.165, 1.54) is 14.8 Å². The smallest absolute Gasteiger partial charge is 0.296 e. The van der Waals surface area contributed by atoms with Gasteiger partial charge in [0, 0.05) is 0 Å². The Morgan fingerprint density at radius 3 is 2.40 bits per heavy atom. The van der Waals surface area contributed by atoms with Gasteiger partial charge in [0.1, 0.15) is 0 Å². The van der Waals surface area contributed by atoms with Crippen molar-refractivity contribution in [2.45, 2.75) is 0 Å². The van der Waals surface area contributed by atoms with E-state index in [-0.39, 0.29) is 18.2 Å². The van der Waals surface area contributed by atoms with Crippen molar-refractivity contribution >= 4 is 46.9 Å². The number of rotatable bonds is 1. The van der Waals surface area contributed by atoms with Crippen molar-refractivity contribution in [1.82, 2.24) is 0 Å². The summed E-state index contributed by atoms with van der Waals surface area (Å²) in [4.78, 5) is 0. The molecule has 0 atom stereocenters. The van der Waals surface area contributed by atoms with Gasteiger partial charge in [-0.25, -0.2) is 0 Å². The summed E-state index contributed by atoms with van der Waals surface area (Å²) in [5.41, 5.74) is 2.79. The number of halogens is 1. The second-order valence-corrected chi connectivity index (χ2v) is 5.20. The van der Waals surface area contributed by atoms with Crippen LogP contribution in [0, 0.1) is 0 Å². The molecule has 0 aromatic heterocycles. The standard InChI is InChI=1S/C8H5.BrH.Mg/c1-2-4-8-6-5-7(8)3-1;;/h1,3-6H;1H;/q;;+1/p-1. The van der Waals surface area contributed by atoms with Gasteiger partial charge < -0.3 is 0 Å². The highest BCUT2D eigenvalue weighted by molar-refractivity contribution is 9.23. The Hall–Kier alpha value is 0.206. The monoisotopic (exact) mass is 204 g/mol. The van der Waals surface area contributed by atoms with Crippen molar-refractivity contribution in [1.29, 1.82) is 0 Å². The quantitative estimate of drug-likeness (QED) is 0.623. The van der Waals surface area contributed by atoms with E-state index in [4.69, 9.17) is 0 Å². The number of fused-ring (bicyclic) bond motifs is 1. The normalized spacial score (nSPS) is 11.7. The first kappa shape index (κ1) is 6.89. The molecule has 0 radical (unpaired) electrons. The van der Waals surface area contributed by atoms with Crippen molar-refractivity contribution in [3.8, 4) is 0 Å². The van der Waals surface area contributed by atoms with Crippen LogP contribution in [0.2, 0.25) is 0 Å². The van der Waals surface area contributed by atoms with E-state index in [1.54, 1.807) is 0 Å². The summed E-state index contributed by atoms with van der Waals surface area (Å²) in [5.74, 6) is 0. The zero-order valence-electron chi connectivity index (χ0n) is 5.47. The van der Waals surface area contributed by atoms with Crippen LogP contribution in [0.15, 0.2) is 18.2 Å². The summed E-state index contributed by atoms with van der Waals surface area (Å²) >= 11 is 3.42. The van der Waals surface area contributed by atoms with Gasteiger partial charge in [-0.05, 0) is 11.1 Å². The maximum Gasteiger partial charge on any atom is 0.506 e. The molecule has 0 spiro atoms. The Labute approximate surface area is 75.9 Å². The Morgan fingerprint density at radius 1 is 1.10 bits per heavy atom.